The number of benzene rings is 1. The first kappa shape index (κ1) is 12.3. The molecule has 1 unspecified atom stereocenters. The van der Waals surface area contributed by atoms with E-state index < -0.39 is 0 Å². The minimum Gasteiger partial charge on any atom is -0.393 e. The Bertz CT molecular complexity index is 274. The standard InChI is InChI=1S/C14H22O/c1-4-12-5-7-13(8-6-12)10-14(15)9-11(2)3/h5-8,11,14-15H,4,9-10H2,1-3H3. The van der Waals surface area contributed by atoms with Crippen LogP contribution in [0.25, 0.3) is 0 Å². The van der Waals surface area contributed by atoms with E-state index in [2.05, 4.69) is 45.0 Å². The zero-order valence-corrected chi connectivity index (χ0v) is 10.0. The van der Waals surface area contributed by atoms with Crippen LogP contribution in [0.4, 0.5) is 0 Å². The fourth-order valence-corrected chi connectivity index (χ4v) is 1.81. The average Bonchev–Trinajstić information content (AvgIpc) is 2.17. The molecule has 1 rings (SSSR count). The van der Waals surface area contributed by atoms with Gasteiger partial charge in [-0.1, -0.05) is 45.0 Å². The Balaban J connectivity index is 2.49. The summed E-state index contributed by atoms with van der Waals surface area (Å²) in [6.07, 6.45) is 2.55. The maximum absolute atomic E-state index is 9.80. The maximum atomic E-state index is 9.80. The molecule has 1 atom stereocenters. The summed E-state index contributed by atoms with van der Waals surface area (Å²) >= 11 is 0. The zero-order chi connectivity index (χ0) is 11.3. The molecule has 0 amide bonds. The van der Waals surface area contributed by atoms with Crippen LogP contribution >= 0.6 is 0 Å². The van der Waals surface area contributed by atoms with E-state index in [1.807, 2.05) is 0 Å². The molecule has 0 radical (unpaired) electrons. The van der Waals surface area contributed by atoms with Crippen molar-refractivity contribution in [3.05, 3.63) is 35.4 Å². The Morgan fingerprint density at radius 1 is 1.07 bits per heavy atom. The van der Waals surface area contributed by atoms with Gasteiger partial charge < -0.3 is 5.11 Å². The summed E-state index contributed by atoms with van der Waals surface area (Å²) in [5.74, 6) is 0.565. The van der Waals surface area contributed by atoms with Gasteiger partial charge in [0.15, 0.2) is 0 Å². The van der Waals surface area contributed by atoms with E-state index in [1.165, 1.54) is 11.1 Å². The zero-order valence-electron chi connectivity index (χ0n) is 10.0. The number of aryl methyl sites for hydroxylation is 1. The molecule has 0 aliphatic heterocycles. The van der Waals surface area contributed by atoms with Crippen molar-refractivity contribution in [3.63, 3.8) is 0 Å². The van der Waals surface area contributed by atoms with Crippen LogP contribution in [0.3, 0.4) is 0 Å². The highest BCUT2D eigenvalue weighted by Crippen LogP contribution is 2.12. The van der Waals surface area contributed by atoms with Gasteiger partial charge >= 0.3 is 0 Å². The average molecular weight is 206 g/mol. The van der Waals surface area contributed by atoms with Gasteiger partial charge in [0.05, 0.1) is 6.10 Å². The third kappa shape index (κ3) is 4.48. The van der Waals surface area contributed by atoms with Crippen molar-refractivity contribution in [1.29, 1.82) is 0 Å². The Morgan fingerprint density at radius 2 is 1.60 bits per heavy atom. The molecule has 1 aromatic rings. The highest BCUT2D eigenvalue weighted by molar-refractivity contribution is 5.22. The van der Waals surface area contributed by atoms with Crippen LogP contribution in [0, 0.1) is 5.92 Å². The van der Waals surface area contributed by atoms with Crippen molar-refractivity contribution >= 4 is 0 Å². The van der Waals surface area contributed by atoms with E-state index in [0.29, 0.717) is 5.92 Å². The van der Waals surface area contributed by atoms with Crippen molar-refractivity contribution < 1.29 is 5.11 Å². The molecule has 0 aliphatic carbocycles. The van der Waals surface area contributed by atoms with Gasteiger partial charge in [0.25, 0.3) is 0 Å². The second-order valence-corrected chi connectivity index (χ2v) is 4.66. The molecule has 15 heavy (non-hydrogen) atoms. The molecule has 1 nitrogen and oxygen atoms in total. The second kappa shape index (κ2) is 5.92. The van der Waals surface area contributed by atoms with Gasteiger partial charge in [-0.15, -0.1) is 0 Å². The van der Waals surface area contributed by atoms with Crippen LogP contribution in [-0.4, -0.2) is 11.2 Å². The molecular formula is C14H22O. The number of aliphatic hydroxyl groups is 1. The van der Waals surface area contributed by atoms with Crippen LogP contribution in [-0.2, 0) is 12.8 Å². The fraction of sp³-hybridized carbons (Fsp3) is 0.571. The summed E-state index contributed by atoms with van der Waals surface area (Å²) in [5, 5.41) is 9.80. The van der Waals surface area contributed by atoms with Crippen molar-refractivity contribution in [2.75, 3.05) is 0 Å². The molecule has 1 heteroatoms. The number of rotatable bonds is 5. The normalized spacial score (nSPS) is 13.1. The number of aliphatic hydroxyl groups excluding tert-OH is 1. The largest absolute Gasteiger partial charge is 0.393 e. The summed E-state index contributed by atoms with van der Waals surface area (Å²) in [4.78, 5) is 0. The smallest absolute Gasteiger partial charge is 0.0583 e. The lowest BCUT2D eigenvalue weighted by Crippen LogP contribution is -2.13. The summed E-state index contributed by atoms with van der Waals surface area (Å²) in [7, 11) is 0. The molecule has 0 heterocycles. The lowest BCUT2D eigenvalue weighted by Gasteiger charge is -2.13. The maximum Gasteiger partial charge on any atom is 0.0583 e. The fourth-order valence-electron chi connectivity index (χ4n) is 1.81. The van der Waals surface area contributed by atoms with Gasteiger partial charge in [-0.2, -0.15) is 0 Å². The summed E-state index contributed by atoms with van der Waals surface area (Å²) in [6, 6.07) is 8.56. The van der Waals surface area contributed by atoms with Gasteiger partial charge in [0.2, 0.25) is 0 Å². The highest BCUT2D eigenvalue weighted by atomic mass is 16.3. The van der Waals surface area contributed by atoms with Gasteiger partial charge in [-0.25, -0.2) is 0 Å². The van der Waals surface area contributed by atoms with E-state index in [1.54, 1.807) is 0 Å². The predicted molar refractivity (Wildman–Crippen MR) is 65.0 cm³/mol. The first-order chi connectivity index (χ1) is 7.11. The minimum atomic E-state index is -0.197. The quantitative estimate of drug-likeness (QED) is 0.784. The van der Waals surface area contributed by atoms with Gasteiger partial charge in [0, 0.05) is 0 Å². The monoisotopic (exact) mass is 206 g/mol. The molecule has 0 spiro atoms. The topological polar surface area (TPSA) is 20.2 Å². The first-order valence-corrected chi connectivity index (χ1v) is 5.87. The Kier molecular flexibility index (Phi) is 4.83. The van der Waals surface area contributed by atoms with Gasteiger partial charge in [0.1, 0.15) is 0 Å². The van der Waals surface area contributed by atoms with Crippen molar-refractivity contribution in [1.82, 2.24) is 0 Å². The molecule has 0 saturated carbocycles. The minimum absolute atomic E-state index is 0.197. The molecule has 0 saturated heterocycles. The van der Waals surface area contributed by atoms with Crippen molar-refractivity contribution in [2.24, 2.45) is 5.92 Å². The van der Waals surface area contributed by atoms with Crippen LogP contribution in [0.2, 0.25) is 0 Å². The third-order valence-corrected chi connectivity index (χ3v) is 2.65. The Morgan fingerprint density at radius 3 is 2.07 bits per heavy atom. The van der Waals surface area contributed by atoms with E-state index in [0.717, 1.165) is 19.3 Å². The van der Waals surface area contributed by atoms with Crippen LogP contribution < -0.4 is 0 Å². The molecular weight excluding hydrogens is 184 g/mol. The van der Waals surface area contributed by atoms with E-state index in [4.69, 9.17) is 0 Å². The molecule has 0 aromatic heterocycles. The van der Waals surface area contributed by atoms with Crippen molar-refractivity contribution in [2.45, 2.75) is 46.1 Å². The van der Waals surface area contributed by atoms with Crippen molar-refractivity contribution in [3.8, 4) is 0 Å². The van der Waals surface area contributed by atoms with Crippen LogP contribution in [0.15, 0.2) is 24.3 Å². The lowest BCUT2D eigenvalue weighted by molar-refractivity contribution is 0.149. The summed E-state index contributed by atoms with van der Waals surface area (Å²) in [6.45, 7) is 6.44. The number of hydrogen-bond donors (Lipinski definition) is 1. The molecule has 0 fully saturated rings. The SMILES string of the molecule is CCc1ccc(CC(O)CC(C)C)cc1. The highest BCUT2D eigenvalue weighted by Gasteiger charge is 2.07. The molecule has 1 aromatic carbocycles. The Labute approximate surface area is 93.1 Å². The molecule has 0 bridgehead atoms. The number of hydrogen-bond acceptors (Lipinski definition) is 1. The summed E-state index contributed by atoms with van der Waals surface area (Å²) in [5.41, 5.74) is 2.59. The van der Waals surface area contributed by atoms with Gasteiger partial charge in [-0.05, 0) is 36.3 Å². The lowest BCUT2D eigenvalue weighted by atomic mass is 9.99. The molecule has 1 N–H and O–H groups in total. The van der Waals surface area contributed by atoms with Crippen LogP contribution in [0.1, 0.15) is 38.3 Å². The third-order valence-electron chi connectivity index (χ3n) is 2.65. The van der Waals surface area contributed by atoms with Crippen LogP contribution in [0.5, 0.6) is 0 Å². The summed E-state index contributed by atoms with van der Waals surface area (Å²) < 4.78 is 0. The first-order valence-electron chi connectivity index (χ1n) is 5.87. The Hall–Kier alpha value is -0.820. The molecule has 84 valence electrons. The van der Waals surface area contributed by atoms with E-state index >= 15 is 0 Å². The second-order valence-electron chi connectivity index (χ2n) is 4.66. The molecule has 0 aliphatic rings. The predicted octanol–water partition coefficient (Wildman–Crippen LogP) is 3.20. The van der Waals surface area contributed by atoms with E-state index in [9.17, 15) is 5.11 Å². The van der Waals surface area contributed by atoms with E-state index in [-0.39, 0.29) is 6.10 Å². The van der Waals surface area contributed by atoms with Gasteiger partial charge in [-0.3, -0.25) is 0 Å².